The molecule has 0 radical (unpaired) electrons. The smallest absolute Gasteiger partial charge is 0.0447 e. The summed E-state index contributed by atoms with van der Waals surface area (Å²) in [5, 5.41) is 0. The van der Waals surface area contributed by atoms with Crippen LogP contribution in [0.1, 0.15) is 43.2 Å². The number of nitrogens with zero attached hydrogens (tertiary/aromatic N) is 1. The molecule has 1 saturated carbocycles. The van der Waals surface area contributed by atoms with Gasteiger partial charge in [-0.05, 0) is 36.8 Å². The van der Waals surface area contributed by atoms with Gasteiger partial charge in [0, 0.05) is 24.8 Å². The molecule has 1 aliphatic carbocycles. The van der Waals surface area contributed by atoms with Crippen molar-refractivity contribution in [1.29, 1.82) is 0 Å². The molecule has 1 heterocycles. The number of anilines is 1. The Hall–Kier alpha value is -1.02. The van der Waals surface area contributed by atoms with E-state index in [1.54, 1.807) is 0 Å². The van der Waals surface area contributed by atoms with E-state index in [0.29, 0.717) is 0 Å². The van der Waals surface area contributed by atoms with E-state index < -0.39 is 0 Å². The molecule has 1 aromatic rings. The van der Waals surface area contributed by atoms with Crippen LogP contribution in [0.15, 0.2) is 18.2 Å². The fraction of sp³-hybridized carbons (Fsp3) is 0.600. The molecular formula is C15H22N2. The van der Waals surface area contributed by atoms with Gasteiger partial charge in [0.05, 0.1) is 0 Å². The zero-order chi connectivity index (χ0) is 11.9. The van der Waals surface area contributed by atoms with Gasteiger partial charge in [0.1, 0.15) is 0 Å². The molecule has 1 fully saturated rings. The largest absolute Gasteiger partial charge is 0.374 e. The van der Waals surface area contributed by atoms with Crippen LogP contribution in [-0.4, -0.2) is 13.6 Å². The molecule has 2 heteroatoms. The Morgan fingerprint density at radius 1 is 1.18 bits per heavy atom. The second-order valence-corrected chi connectivity index (χ2v) is 5.70. The number of para-hydroxylation sites is 1. The van der Waals surface area contributed by atoms with Gasteiger partial charge in [-0.15, -0.1) is 0 Å². The van der Waals surface area contributed by atoms with E-state index in [-0.39, 0.29) is 5.54 Å². The summed E-state index contributed by atoms with van der Waals surface area (Å²) in [7, 11) is 2.21. The molecule has 0 aromatic heterocycles. The van der Waals surface area contributed by atoms with Gasteiger partial charge < -0.3 is 10.6 Å². The Bertz CT molecular complexity index is 419. The molecule has 92 valence electrons. The van der Waals surface area contributed by atoms with Gasteiger partial charge in [0.15, 0.2) is 0 Å². The van der Waals surface area contributed by atoms with E-state index in [9.17, 15) is 0 Å². The third-order valence-electron chi connectivity index (χ3n) is 4.47. The Balaban J connectivity index is 2.10. The summed E-state index contributed by atoms with van der Waals surface area (Å²) < 4.78 is 0. The number of rotatable bonds is 1. The molecule has 1 aromatic carbocycles. The van der Waals surface area contributed by atoms with E-state index in [0.717, 1.165) is 12.8 Å². The summed E-state index contributed by atoms with van der Waals surface area (Å²) >= 11 is 0. The molecule has 0 spiro atoms. The Morgan fingerprint density at radius 3 is 2.71 bits per heavy atom. The summed E-state index contributed by atoms with van der Waals surface area (Å²) in [5.41, 5.74) is 10.9. The van der Waals surface area contributed by atoms with Crippen molar-refractivity contribution in [1.82, 2.24) is 0 Å². The Morgan fingerprint density at radius 2 is 1.94 bits per heavy atom. The predicted molar refractivity (Wildman–Crippen MR) is 72.4 cm³/mol. The molecule has 2 nitrogen and oxygen atoms in total. The molecule has 17 heavy (non-hydrogen) atoms. The van der Waals surface area contributed by atoms with Crippen LogP contribution in [0.4, 0.5) is 5.69 Å². The number of hydrogen-bond acceptors (Lipinski definition) is 2. The number of nitrogens with two attached hydrogens (primary N) is 1. The van der Waals surface area contributed by atoms with Crippen LogP contribution in [0.25, 0.3) is 0 Å². The second kappa shape index (κ2) is 4.02. The van der Waals surface area contributed by atoms with Crippen LogP contribution < -0.4 is 10.6 Å². The molecule has 0 saturated heterocycles. The highest BCUT2D eigenvalue weighted by Gasteiger charge is 2.35. The molecule has 0 amide bonds. The first-order valence-corrected chi connectivity index (χ1v) is 6.83. The fourth-order valence-corrected chi connectivity index (χ4v) is 3.54. The van der Waals surface area contributed by atoms with E-state index >= 15 is 0 Å². The zero-order valence-corrected chi connectivity index (χ0v) is 10.7. The average molecular weight is 230 g/mol. The van der Waals surface area contributed by atoms with Crippen molar-refractivity contribution in [3.8, 4) is 0 Å². The van der Waals surface area contributed by atoms with E-state index in [1.807, 2.05) is 0 Å². The minimum atomic E-state index is -0.0586. The number of benzene rings is 1. The van der Waals surface area contributed by atoms with Gasteiger partial charge in [-0.25, -0.2) is 0 Å². The Labute approximate surface area is 104 Å². The third kappa shape index (κ3) is 1.75. The van der Waals surface area contributed by atoms with Crippen LogP contribution in [0, 0.1) is 0 Å². The first kappa shape index (κ1) is 11.1. The first-order valence-electron chi connectivity index (χ1n) is 6.83. The Kier molecular flexibility index (Phi) is 2.62. The highest BCUT2D eigenvalue weighted by molar-refractivity contribution is 5.63. The van der Waals surface area contributed by atoms with Crippen LogP contribution in [-0.2, 0) is 12.0 Å². The van der Waals surface area contributed by atoms with Gasteiger partial charge in [0.2, 0.25) is 0 Å². The second-order valence-electron chi connectivity index (χ2n) is 5.70. The lowest BCUT2D eigenvalue weighted by atomic mass is 9.84. The SMILES string of the molecule is CN1CCCc2cccc(C3(N)CCCC3)c21. The minimum absolute atomic E-state index is 0.0586. The first-order chi connectivity index (χ1) is 8.21. The van der Waals surface area contributed by atoms with Gasteiger partial charge in [-0.1, -0.05) is 31.0 Å². The highest BCUT2D eigenvalue weighted by Crippen LogP contribution is 2.43. The number of aryl methyl sites for hydroxylation is 1. The van der Waals surface area contributed by atoms with Crippen molar-refractivity contribution in [2.45, 2.75) is 44.1 Å². The molecule has 0 bridgehead atoms. The van der Waals surface area contributed by atoms with E-state index in [4.69, 9.17) is 5.73 Å². The maximum absolute atomic E-state index is 6.64. The van der Waals surface area contributed by atoms with Crippen LogP contribution in [0.3, 0.4) is 0 Å². The third-order valence-corrected chi connectivity index (χ3v) is 4.47. The highest BCUT2D eigenvalue weighted by atomic mass is 15.1. The minimum Gasteiger partial charge on any atom is -0.374 e. The molecule has 0 unspecified atom stereocenters. The van der Waals surface area contributed by atoms with E-state index in [1.165, 1.54) is 49.0 Å². The summed E-state index contributed by atoms with van der Waals surface area (Å²) in [5.74, 6) is 0. The summed E-state index contributed by atoms with van der Waals surface area (Å²) in [6, 6.07) is 6.72. The standard InChI is InChI=1S/C15H22N2/c1-17-11-5-7-12-6-4-8-13(14(12)17)15(16)9-2-3-10-15/h4,6,8H,2-3,5,7,9-11,16H2,1H3. The van der Waals surface area contributed by atoms with Crippen LogP contribution >= 0.6 is 0 Å². The van der Waals surface area contributed by atoms with Crippen molar-refractivity contribution in [2.75, 3.05) is 18.5 Å². The molecular weight excluding hydrogens is 208 g/mol. The molecule has 3 rings (SSSR count). The molecule has 2 N–H and O–H groups in total. The lowest BCUT2D eigenvalue weighted by Gasteiger charge is -2.35. The van der Waals surface area contributed by atoms with Gasteiger partial charge in [-0.2, -0.15) is 0 Å². The predicted octanol–water partition coefficient (Wildman–Crippen LogP) is 2.80. The van der Waals surface area contributed by atoms with Crippen molar-refractivity contribution in [3.63, 3.8) is 0 Å². The zero-order valence-electron chi connectivity index (χ0n) is 10.7. The quantitative estimate of drug-likeness (QED) is 0.804. The van der Waals surface area contributed by atoms with Crippen LogP contribution in [0.2, 0.25) is 0 Å². The average Bonchev–Trinajstić information content (AvgIpc) is 2.77. The maximum atomic E-state index is 6.64. The monoisotopic (exact) mass is 230 g/mol. The van der Waals surface area contributed by atoms with E-state index in [2.05, 4.69) is 30.1 Å². The van der Waals surface area contributed by atoms with Crippen LogP contribution in [0.5, 0.6) is 0 Å². The van der Waals surface area contributed by atoms with Crippen molar-refractivity contribution in [2.24, 2.45) is 5.73 Å². The molecule has 0 atom stereocenters. The topological polar surface area (TPSA) is 29.3 Å². The number of fused-ring (bicyclic) bond motifs is 1. The summed E-state index contributed by atoms with van der Waals surface area (Å²) in [6.45, 7) is 1.17. The summed E-state index contributed by atoms with van der Waals surface area (Å²) in [4.78, 5) is 2.40. The maximum Gasteiger partial charge on any atom is 0.0447 e. The number of hydrogen-bond donors (Lipinski definition) is 1. The summed E-state index contributed by atoms with van der Waals surface area (Å²) in [6.07, 6.45) is 7.34. The van der Waals surface area contributed by atoms with Gasteiger partial charge >= 0.3 is 0 Å². The lowest BCUT2D eigenvalue weighted by Crippen LogP contribution is -2.37. The van der Waals surface area contributed by atoms with Gasteiger partial charge in [0.25, 0.3) is 0 Å². The van der Waals surface area contributed by atoms with Crippen molar-refractivity contribution < 1.29 is 0 Å². The van der Waals surface area contributed by atoms with Crippen molar-refractivity contribution >= 4 is 5.69 Å². The molecule has 2 aliphatic rings. The fourth-order valence-electron chi connectivity index (χ4n) is 3.54. The normalized spacial score (nSPS) is 22.6. The van der Waals surface area contributed by atoms with Crippen molar-refractivity contribution in [3.05, 3.63) is 29.3 Å². The molecule has 1 aliphatic heterocycles. The van der Waals surface area contributed by atoms with Gasteiger partial charge in [-0.3, -0.25) is 0 Å². The lowest BCUT2D eigenvalue weighted by molar-refractivity contribution is 0.460.